The van der Waals surface area contributed by atoms with Gasteiger partial charge in [0.1, 0.15) is 0 Å². The lowest BCUT2D eigenvalue weighted by Gasteiger charge is -2.36. The van der Waals surface area contributed by atoms with Gasteiger partial charge in [-0.3, -0.25) is 4.79 Å². The number of rotatable bonds is 4. The van der Waals surface area contributed by atoms with Crippen LogP contribution in [0.25, 0.3) is 11.0 Å². The number of fused-ring (bicyclic) bond motifs is 1. The number of nitrogens with zero attached hydrogens (tertiary/aromatic N) is 4. The average molecular weight is 408 g/mol. The standard InChI is InChI=1S/C22H22ClN5O/c23-17-6-2-1-5-16(17)22(29)28-13-11-27(12-14-28)21-20(24-15-9-10-15)25-18-7-3-4-8-19(18)26-21/h1-8,15H,9-14H2,(H,24,25). The maximum atomic E-state index is 12.8. The SMILES string of the molecule is O=C(c1ccccc1Cl)N1CCN(c2nc3ccccc3nc2NC2CC2)CC1. The van der Waals surface area contributed by atoms with Crippen LogP contribution in [0.4, 0.5) is 11.6 Å². The van der Waals surface area contributed by atoms with Gasteiger partial charge in [0.2, 0.25) is 0 Å². The van der Waals surface area contributed by atoms with Gasteiger partial charge in [0.25, 0.3) is 5.91 Å². The number of nitrogens with one attached hydrogen (secondary N) is 1. The number of hydrogen-bond donors (Lipinski definition) is 1. The number of carbonyl (C=O) groups is 1. The monoisotopic (exact) mass is 407 g/mol. The number of piperazine rings is 1. The molecule has 1 amide bonds. The molecule has 1 aliphatic heterocycles. The molecule has 5 rings (SSSR count). The van der Waals surface area contributed by atoms with Gasteiger partial charge < -0.3 is 15.1 Å². The highest BCUT2D eigenvalue weighted by molar-refractivity contribution is 6.33. The summed E-state index contributed by atoms with van der Waals surface area (Å²) in [6.45, 7) is 2.67. The second kappa shape index (κ2) is 7.52. The molecule has 3 aromatic rings. The van der Waals surface area contributed by atoms with Crippen LogP contribution in [-0.4, -0.2) is 53.0 Å². The maximum Gasteiger partial charge on any atom is 0.255 e. The Morgan fingerprint density at radius 2 is 1.59 bits per heavy atom. The maximum absolute atomic E-state index is 12.8. The summed E-state index contributed by atoms with van der Waals surface area (Å²) in [5.74, 6) is 1.70. The summed E-state index contributed by atoms with van der Waals surface area (Å²) in [7, 11) is 0. The highest BCUT2D eigenvalue weighted by atomic mass is 35.5. The molecule has 1 aromatic heterocycles. The molecule has 0 bridgehead atoms. The van der Waals surface area contributed by atoms with E-state index in [1.807, 2.05) is 41.3 Å². The molecule has 6 nitrogen and oxygen atoms in total. The van der Waals surface area contributed by atoms with Crippen LogP contribution in [-0.2, 0) is 0 Å². The van der Waals surface area contributed by atoms with E-state index in [9.17, 15) is 4.79 Å². The van der Waals surface area contributed by atoms with Crippen LogP contribution >= 0.6 is 11.6 Å². The van der Waals surface area contributed by atoms with E-state index in [-0.39, 0.29) is 5.91 Å². The highest BCUT2D eigenvalue weighted by Crippen LogP contribution is 2.31. The van der Waals surface area contributed by atoms with Gasteiger partial charge in [-0.05, 0) is 37.1 Å². The Bertz CT molecular complexity index is 1060. The summed E-state index contributed by atoms with van der Waals surface area (Å²) >= 11 is 6.21. The number of benzene rings is 2. The first kappa shape index (κ1) is 18.2. The van der Waals surface area contributed by atoms with E-state index in [1.54, 1.807) is 12.1 Å². The molecule has 29 heavy (non-hydrogen) atoms. The highest BCUT2D eigenvalue weighted by Gasteiger charge is 2.28. The molecule has 0 atom stereocenters. The van der Waals surface area contributed by atoms with Crippen molar-refractivity contribution in [3.8, 4) is 0 Å². The van der Waals surface area contributed by atoms with Crippen molar-refractivity contribution in [3.63, 3.8) is 0 Å². The summed E-state index contributed by atoms with van der Waals surface area (Å²) < 4.78 is 0. The van der Waals surface area contributed by atoms with Gasteiger partial charge in [0, 0.05) is 32.2 Å². The first-order chi connectivity index (χ1) is 14.2. The molecule has 148 valence electrons. The predicted octanol–water partition coefficient (Wildman–Crippen LogP) is 3.82. The molecule has 0 spiro atoms. The summed E-state index contributed by atoms with van der Waals surface area (Å²) in [5.41, 5.74) is 2.34. The Morgan fingerprint density at radius 3 is 2.28 bits per heavy atom. The Morgan fingerprint density at radius 1 is 0.931 bits per heavy atom. The minimum Gasteiger partial charge on any atom is -0.364 e. The lowest BCUT2D eigenvalue weighted by molar-refractivity contribution is 0.0747. The zero-order chi connectivity index (χ0) is 19.8. The zero-order valence-corrected chi connectivity index (χ0v) is 16.8. The van der Waals surface area contributed by atoms with Gasteiger partial charge in [-0.1, -0.05) is 35.9 Å². The molecule has 2 aliphatic rings. The van der Waals surface area contributed by atoms with Gasteiger partial charge >= 0.3 is 0 Å². The Kier molecular flexibility index (Phi) is 4.72. The van der Waals surface area contributed by atoms with Crippen molar-refractivity contribution in [1.82, 2.24) is 14.9 Å². The molecule has 2 aromatic carbocycles. The normalized spacial score (nSPS) is 16.9. The molecule has 0 radical (unpaired) electrons. The van der Waals surface area contributed by atoms with E-state index in [0.717, 1.165) is 22.7 Å². The third-order valence-electron chi connectivity index (χ3n) is 5.44. The van der Waals surface area contributed by atoms with Crippen LogP contribution in [0.1, 0.15) is 23.2 Å². The second-order valence-electron chi connectivity index (χ2n) is 7.56. The number of halogens is 1. The van der Waals surface area contributed by atoms with Crippen LogP contribution in [0.15, 0.2) is 48.5 Å². The van der Waals surface area contributed by atoms with Crippen LogP contribution in [0.5, 0.6) is 0 Å². The quantitative estimate of drug-likeness (QED) is 0.712. The fourth-order valence-electron chi connectivity index (χ4n) is 3.66. The van der Waals surface area contributed by atoms with Crippen LogP contribution in [0.2, 0.25) is 5.02 Å². The topological polar surface area (TPSA) is 61.4 Å². The summed E-state index contributed by atoms with van der Waals surface area (Å²) in [4.78, 5) is 26.7. The van der Waals surface area contributed by atoms with Crippen molar-refractivity contribution in [2.24, 2.45) is 0 Å². The van der Waals surface area contributed by atoms with Crippen LogP contribution < -0.4 is 10.2 Å². The van der Waals surface area contributed by atoms with E-state index in [1.165, 1.54) is 12.8 Å². The number of aromatic nitrogens is 2. The van der Waals surface area contributed by atoms with E-state index in [4.69, 9.17) is 21.6 Å². The van der Waals surface area contributed by atoms with Gasteiger partial charge in [0.15, 0.2) is 11.6 Å². The van der Waals surface area contributed by atoms with Crippen LogP contribution in [0.3, 0.4) is 0 Å². The fraction of sp³-hybridized carbons (Fsp3) is 0.318. The van der Waals surface area contributed by atoms with Gasteiger partial charge in [0.05, 0.1) is 21.6 Å². The first-order valence-corrected chi connectivity index (χ1v) is 10.4. The van der Waals surface area contributed by atoms with Crippen molar-refractivity contribution < 1.29 is 4.79 Å². The molecular weight excluding hydrogens is 386 g/mol. The van der Waals surface area contributed by atoms with E-state index in [2.05, 4.69) is 10.2 Å². The summed E-state index contributed by atoms with van der Waals surface area (Å²) in [6.07, 6.45) is 2.35. The third kappa shape index (κ3) is 3.72. The Balaban J connectivity index is 1.37. The second-order valence-corrected chi connectivity index (χ2v) is 7.97. The molecule has 2 fully saturated rings. The Hall–Kier alpha value is -2.86. The molecule has 0 unspecified atom stereocenters. The molecule has 2 heterocycles. The van der Waals surface area contributed by atoms with Crippen molar-refractivity contribution in [2.45, 2.75) is 18.9 Å². The predicted molar refractivity (Wildman–Crippen MR) is 116 cm³/mol. The fourth-order valence-corrected chi connectivity index (χ4v) is 3.87. The molecular formula is C22H22ClN5O. The van der Waals surface area contributed by atoms with Gasteiger partial charge in [-0.2, -0.15) is 0 Å². The number of carbonyl (C=O) groups excluding carboxylic acids is 1. The summed E-state index contributed by atoms with van der Waals surface area (Å²) in [6, 6.07) is 15.7. The van der Waals surface area contributed by atoms with Gasteiger partial charge in [-0.25, -0.2) is 9.97 Å². The lowest BCUT2D eigenvalue weighted by atomic mass is 10.2. The zero-order valence-electron chi connectivity index (χ0n) is 16.0. The van der Waals surface area contributed by atoms with Crippen molar-refractivity contribution in [1.29, 1.82) is 0 Å². The minimum absolute atomic E-state index is 0.0174. The average Bonchev–Trinajstić information content (AvgIpc) is 3.57. The number of para-hydroxylation sites is 2. The molecule has 1 saturated carbocycles. The van der Waals surface area contributed by atoms with Crippen molar-refractivity contribution in [2.75, 3.05) is 36.4 Å². The summed E-state index contributed by atoms with van der Waals surface area (Å²) in [5, 5.41) is 4.02. The first-order valence-electron chi connectivity index (χ1n) is 10.0. The third-order valence-corrected chi connectivity index (χ3v) is 5.77. The van der Waals surface area contributed by atoms with Gasteiger partial charge in [-0.15, -0.1) is 0 Å². The Labute approximate surface area is 174 Å². The largest absolute Gasteiger partial charge is 0.364 e. The smallest absolute Gasteiger partial charge is 0.255 e. The number of amides is 1. The van der Waals surface area contributed by atoms with E-state index in [0.29, 0.717) is 42.8 Å². The van der Waals surface area contributed by atoms with Crippen molar-refractivity contribution >= 4 is 40.2 Å². The lowest BCUT2D eigenvalue weighted by Crippen LogP contribution is -2.49. The van der Waals surface area contributed by atoms with E-state index >= 15 is 0 Å². The minimum atomic E-state index is -0.0174. The van der Waals surface area contributed by atoms with Crippen LogP contribution in [0, 0.1) is 0 Å². The number of hydrogen-bond acceptors (Lipinski definition) is 5. The molecule has 1 aliphatic carbocycles. The molecule has 1 N–H and O–H groups in total. The number of anilines is 2. The van der Waals surface area contributed by atoms with E-state index < -0.39 is 0 Å². The van der Waals surface area contributed by atoms with Crippen molar-refractivity contribution in [3.05, 3.63) is 59.1 Å². The molecule has 1 saturated heterocycles. The molecule has 7 heteroatoms.